The van der Waals surface area contributed by atoms with Gasteiger partial charge >= 0.3 is 0 Å². The van der Waals surface area contributed by atoms with Gasteiger partial charge in [-0.15, -0.1) is 24.0 Å². The Morgan fingerprint density at radius 2 is 2.07 bits per heavy atom. The molecule has 1 aliphatic heterocycles. The van der Waals surface area contributed by atoms with Crippen molar-refractivity contribution in [1.82, 2.24) is 15.5 Å². The van der Waals surface area contributed by atoms with E-state index in [9.17, 15) is 4.39 Å². The molecule has 0 atom stereocenters. The molecule has 1 aliphatic rings. The van der Waals surface area contributed by atoms with Gasteiger partial charge in [0.05, 0.1) is 7.11 Å². The third kappa shape index (κ3) is 9.74. The van der Waals surface area contributed by atoms with Crippen LogP contribution in [0.4, 0.5) is 4.39 Å². The first-order valence-corrected chi connectivity index (χ1v) is 11.6. The summed E-state index contributed by atoms with van der Waals surface area (Å²) in [5.41, 5.74) is 0.991. The molecule has 2 rings (SSSR count). The molecule has 0 aliphatic carbocycles. The lowest BCUT2D eigenvalue weighted by molar-refractivity contribution is 0.198. The summed E-state index contributed by atoms with van der Waals surface area (Å²) >= 11 is 1.89. The van der Waals surface area contributed by atoms with E-state index in [-0.39, 0.29) is 29.8 Å². The van der Waals surface area contributed by atoms with Crippen LogP contribution in [0.1, 0.15) is 38.2 Å². The van der Waals surface area contributed by atoms with Crippen molar-refractivity contribution in [1.29, 1.82) is 0 Å². The fourth-order valence-corrected chi connectivity index (χ4v) is 3.86. The normalized spacial score (nSPS) is 15.7. The summed E-state index contributed by atoms with van der Waals surface area (Å²) in [5.74, 6) is 2.15. The number of hydrogen-bond donors (Lipinski definition) is 2. The minimum atomic E-state index is -0.291. The third-order valence-corrected chi connectivity index (χ3v) is 5.62. The molecule has 0 amide bonds. The van der Waals surface area contributed by atoms with E-state index in [1.54, 1.807) is 12.1 Å². The molecule has 1 aromatic carbocycles. The minimum absolute atomic E-state index is 0. The highest BCUT2D eigenvalue weighted by Crippen LogP contribution is 2.20. The van der Waals surface area contributed by atoms with Crippen molar-refractivity contribution in [2.24, 2.45) is 4.99 Å². The first kappa shape index (κ1) is 26.3. The molecule has 0 bridgehead atoms. The average molecular weight is 539 g/mol. The average Bonchev–Trinajstić information content (AvgIpc) is 2.69. The number of methoxy groups -OCH3 is 1. The van der Waals surface area contributed by atoms with Gasteiger partial charge in [-0.05, 0) is 62.3 Å². The van der Waals surface area contributed by atoms with Crippen LogP contribution in [0.15, 0.2) is 23.2 Å². The summed E-state index contributed by atoms with van der Waals surface area (Å²) in [6.45, 7) is 6.62. The predicted molar refractivity (Wildman–Crippen MR) is 133 cm³/mol. The van der Waals surface area contributed by atoms with Crippen LogP contribution in [-0.4, -0.2) is 62.2 Å². The monoisotopic (exact) mass is 538 g/mol. The van der Waals surface area contributed by atoms with Crippen LogP contribution in [0, 0.1) is 5.82 Å². The molecule has 0 radical (unpaired) electrons. The van der Waals surface area contributed by atoms with Crippen LogP contribution >= 0.6 is 35.7 Å². The Labute approximate surface area is 196 Å². The van der Waals surface area contributed by atoms with Gasteiger partial charge < -0.3 is 15.4 Å². The molecule has 0 aromatic heterocycles. The fourth-order valence-electron chi connectivity index (χ4n) is 3.36. The van der Waals surface area contributed by atoms with Crippen molar-refractivity contribution < 1.29 is 9.13 Å². The molecule has 29 heavy (non-hydrogen) atoms. The molecule has 1 heterocycles. The van der Waals surface area contributed by atoms with E-state index < -0.39 is 0 Å². The van der Waals surface area contributed by atoms with E-state index in [1.165, 1.54) is 19.3 Å². The number of hydrogen-bond acceptors (Lipinski definition) is 4. The van der Waals surface area contributed by atoms with Crippen LogP contribution < -0.4 is 15.4 Å². The fraction of sp³-hybridized carbons (Fsp3) is 0.667. The molecule has 1 fully saturated rings. The Bertz CT molecular complexity index is 612. The first-order valence-electron chi connectivity index (χ1n) is 10.2. The number of halogens is 2. The topological polar surface area (TPSA) is 48.9 Å². The smallest absolute Gasteiger partial charge is 0.191 e. The van der Waals surface area contributed by atoms with Crippen molar-refractivity contribution in [2.45, 2.75) is 45.2 Å². The molecule has 0 spiro atoms. The van der Waals surface area contributed by atoms with Gasteiger partial charge in [0.25, 0.3) is 0 Å². The zero-order valence-electron chi connectivity index (χ0n) is 17.9. The van der Waals surface area contributed by atoms with Crippen LogP contribution in [0.3, 0.4) is 0 Å². The summed E-state index contributed by atoms with van der Waals surface area (Å²) in [4.78, 5) is 7.09. The van der Waals surface area contributed by atoms with Crippen LogP contribution in [0.2, 0.25) is 0 Å². The predicted octanol–water partition coefficient (Wildman–Crippen LogP) is 4.12. The van der Waals surface area contributed by atoms with E-state index >= 15 is 0 Å². The van der Waals surface area contributed by atoms with Crippen molar-refractivity contribution in [2.75, 3.05) is 45.3 Å². The van der Waals surface area contributed by atoms with E-state index in [4.69, 9.17) is 9.73 Å². The van der Waals surface area contributed by atoms with E-state index in [2.05, 4.69) is 28.7 Å². The number of thioether (sulfide) groups is 1. The molecule has 0 saturated carbocycles. The zero-order valence-corrected chi connectivity index (χ0v) is 21.0. The SMILES string of the molecule is CCNC(=NCCCCSC)NC1CCN(Cc2ccc(OC)c(F)c2)CC1.I. The maximum atomic E-state index is 13.9. The summed E-state index contributed by atoms with van der Waals surface area (Å²) < 4.78 is 18.9. The number of piperidine rings is 1. The zero-order chi connectivity index (χ0) is 20.2. The molecule has 8 heteroatoms. The molecule has 0 unspecified atom stereocenters. The number of rotatable bonds is 10. The van der Waals surface area contributed by atoms with E-state index in [1.807, 2.05) is 17.8 Å². The van der Waals surface area contributed by atoms with Crippen LogP contribution in [0.25, 0.3) is 0 Å². The summed E-state index contributed by atoms with van der Waals surface area (Å²) in [5, 5.41) is 6.94. The summed E-state index contributed by atoms with van der Waals surface area (Å²) in [7, 11) is 1.49. The maximum absolute atomic E-state index is 13.9. The number of nitrogens with one attached hydrogen (secondary N) is 2. The quantitative estimate of drug-likeness (QED) is 0.203. The van der Waals surface area contributed by atoms with Gasteiger partial charge in [0.1, 0.15) is 0 Å². The highest BCUT2D eigenvalue weighted by Gasteiger charge is 2.20. The van der Waals surface area contributed by atoms with E-state index in [0.29, 0.717) is 11.8 Å². The van der Waals surface area contributed by atoms with Crippen molar-refractivity contribution >= 4 is 41.7 Å². The standard InChI is InChI=1S/C21H35FN4OS.HI/c1-4-23-21(24-11-5-6-14-28-3)25-18-9-12-26(13-10-18)16-17-7-8-20(27-2)19(22)15-17;/h7-8,15,18H,4-6,9-14,16H2,1-3H3,(H2,23,24,25);1H. The second-order valence-corrected chi connectivity index (χ2v) is 8.11. The van der Waals surface area contributed by atoms with Gasteiger partial charge in [-0.25, -0.2) is 4.39 Å². The first-order chi connectivity index (χ1) is 13.7. The lowest BCUT2D eigenvalue weighted by Gasteiger charge is -2.33. The number of aliphatic imine (C=N–C) groups is 1. The Kier molecular flexibility index (Phi) is 13.7. The van der Waals surface area contributed by atoms with E-state index in [0.717, 1.165) is 63.5 Å². The van der Waals surface area contributed by atoms with Gasteiger partial charge in [-0.1, -0.05) is 6.07 Å². The summed E-state index contributed by atoms with van der Waals surface area (Å²) in [6.07, 6.45) is 6.63. The molecule has 1 aromatic rings. The van der Waals surface area contributed by atoms with Gasteiger partial charge in [0.2, 0.25) is 0 Å². The van der Waals surface area contributed by atoms with Crippen LogP contribution in [-0.2, 0) is 6.54 Å². The number of ether oxygens (including phenoxy) is 1. The van der Waals surface area contributed by atoms with Crippen LogP contribution in [0.5, 0.6) is 5.75 Å². The number of benzene rings is 1. The van der Waals surface area contributed by atoms with Gasteiger partial charge in [-0.3, -0.25) is 9.89 Å². The number of guanidine groups is 1. The molecule has 1 saturated heterocycles. The number of nitrogens with zero attached hydrogens (tertiary/aromatic N) is 2. The molecule has 166 valence electrons. The van der Waals surface area contributed by atoms with Gasteiger partial charge in [0, 0.05) is 38.8 Å². The highest BCUT2D eigenvalue weighted by atomic mass is 127. The molecule has 5 nitrogen and oxygen atoms in total. The lowest BCUT2D eigenvalue weighted by atomic mass is 10.0. The van der Waals surface area contributed by atoms with Gasteiger partial charge in [-0.2, -0.15) is 11.8 Å². The van der Waals surface area contributed by atoms with Crippen molar-refractivity contribution in [3.8, 4) is 5.75 Å². The Hall–Kier alpha value is -0.740. The molecular formula is C21H36FIN4OS. The third-order valence-electron chi connectivity index (χ3n) is 4.92. The van der Waals surface area contributed by atoms with Crippen molar-refractivity contribution in [3.63, 3.8) is 0 Å². The molecular weight excluding hydrogens is 502 g/mol. The Balaban J connectivity index is 0.00000420. The minimum Gasteiger partial charge on any atom is -0.494 e. The second-order valence-electron chi connectivity index (χ2n) is 7.12. The second kappa shape index (κ2) is 15.1. The number of likely N-dealkylation sites (tertiary alicyclic amines) is 1. The van der Waals surface area contributed by atoms with Crippen molar-refractivity contribution in [3.05, 3.63) is 29.6 Å². The molecule has 2 N–H and O–H groups in total. The Morgan fingerprint density at radius 3 is 2.69 bits per heavy atom. The number of unbranched alkanes of at least 4 members (excludes halogenated alkanes) is 1. The summed E-state index contributed by atoms with van der Waals surface area (Å²) in [6, 6.07) is 5.67. The lowest BCUT2D eigenvalue weighted by Crippen LogP contribution is -2.48. The largest absolute Gasteiger partial charge is 0.494 e. The highest BCUT2D eigenvalue weighted by molar-refractivity contribution is 14.0. The van der Waals surface area contributed by atoms with Gasteiger partial charge in [0.15, 0.2) is 17.5 Å². The maximum Gasteiger partial charge on any atom is 0.191 e. The Morgan fingerprint density at radius 1 is 1.31 bits per heavy atom.